The van der Waals surface area contributed by atoms with E-state index in [0.717, 1.165) is 0 Å². The van der Waals surface area contributed by atoms with Gasteiger partial charge in [-0.25, -0.2) is 0 Å². The number of nitro groups is 1. The lowest BCUT2D eigenvalue weighted by molar-refractivity contribution is -0.384. The number of rotatable bonds is 5. The topological polar surface area (TPSA) is 93.9 Å². The molecule has 114 valence electrons. The van der Waals surface area contributed by atoms with Gasteiger partial charge in [0.15, 0.2) is 0 Å². The molecule has 21 heavy (non-hydrogen) atoms. The van der Waals surface area contributed by atoms with Crippen LogP contribution < -0.4 is 10.1 Å². The lowest BCUT2D eigenvalue weighted by atomic mass is 10.2. The van der Waals surface area contributed by atoms with E-state index in [9.17, 15) is 14.9 Å². The van der Waals surface area contributed by atoms with Gasteiger partial charge in [-0.15, -0.1) is 0 Å². The molecule has 2 rings (SSSR count). The standard InChI is InChI=1S/C13H17N3O5/c1-20-10-2-3-11(12(8-10)16(18)19)14-13(17)9-15-4-6-21-7-5-15/h2-3,8H,4-7,9H2,1H3,(H,14,17). The number of amides is 1. The number of nitrogens with zero attached hydrogens (tertiary/aromatic N) is 2. The van der Waals surface area contributed by atoms with Gasteiger partial charge in [0, 0.05) is 13.1 Å². The van der Waals surface area contributed by atoms with Gasteiger partial charge in [0.2, 0.25) is 5.91 Å². The molecule has 1 aliphatic heterocycles. The minimum absolute atomic E-state index is 0.166. The van der Waals surface area contributed by atoms with Crippen LogP contribution in [0.15, 0.2) is 18.2 Å². The van der Waals surface area contributed by atoms with Gasteiger partial charge in [0.1, 0.15) is 11.4 Å². The Balaban J connectivity index is 2.04. The fraction of sp³-hybridized carbons (Fsp3) is 0.462. The SMILES string of the molecule is COc1ccc(NC(=O)CN2CCOCC2)c([N+](=O)[O-])c1. The number of benzene rings is 1. The minimum atomic E-state index is -0.549. The molecule has 0 aliphatic carbocycles. The van der Waals surface area contributed by atoms with Crippen LogP contribution in [0.25, 0.3) is 0 Å². The summed E-state index contributed by atoms with van der Waals surface area (Å²) in [5.41, 5.74) is -0.0243. The highest BCUT2D eigenvalue weighted by atomic mass is 16.6. The number of methoxy groups -OCH3 is 1. The van der Waals surface area contributed by atoms with Crippen LogP contribution in [0, 0.1) is 10.1 Å². The smallest absolute Gasteiger partial charge is 0.296 e. The first-order valence-corrected chi connectivity index (χ1v) is 6.52. The quantitative estimate of drug-likeness (QED) is 0.640. The number of carbonyl (C=O) groups is 1. The van der Waals surface area contributed by atoms with Crippen LogP contribution in [-0.2, 0) is 9.53 Å². The summed E-state index contributed by atoms with van der Waals surface area (Å²) in [5, 5.41) is 13.6. The zero-order valence-electron chi connectivity index (χ0n) is 11.7. The van der Waals surface area contributed by atoms with E-state index in [1.807, 2.05) is 4.90 Å². The Kier molecular flexibility index (Phi) is 5.07. The normalized spacial score (nSPS) is 15.5. The second-order valence-corrected chi connectivity index (χ2v) is 4.58. The Morgan fingerprint density at radius 2 is 2.19 bits per heavy atom. The molecule has 8 heteroatoms. The Morgan fingerprint density at radius 3 is 2.81 bits per heavy atom. The van der Waals surface area contributed by atoms with E-state index in [1.54, 1.807) is 6.07 Å². The predicted molar refractivity (Wildman–Crippen MR) is 75.5 cm³/mol. The Bertz CT molecular complexity index is 529. The van der Waals surface area contributed by atoms with Gasteiger partial charge in [-0.3, -0.25) is 19.8 Å². The summed E-state index contributed by atoms with van der Waals surface area (Å²) in [5.74, 6) is 0.0815. The third kappa shape index (κ3) is 4.14. The van der Waals surface area contributed by atoms with E-state index in [1.165, 1.54) is 19.2 Å². The molecule has 0 bridgehead atoms. The molecule has 1 aromatic rings. The van der Waals surface area contributed by atoms with E-state index >= 15 is 0 Å². The van der Waals surface area contributed by atoms with Gasteiger partial charge in [-0.1, -0.05) is 0 Å². The first kappa shape index (κ1) is 15.2. The second kappa shape index (κ2) is 7.00. The summed E-state index contributed by atoms with van der Waals surface area (Å²) in [6.45, 7) is 2.73. The Hall–Kier alpha value is -2.19. The lowest BCUT2D eigenvalue weighted by Crippen LogP contribution is -2.41. The highest BCUT2D eigenvalue weighted by Crippen LogP contribution is 2.28. The molecule has 1 heterocycles. The molecular formula is C13H17N3O5. The van der Waals surface area contributed by atoms with Crippen molar-refractivity contribution in [3.05, 3.63) is 28.3 Å². The molecule has 0 aromatic heterocycles. The molecular weight excluding hydrogens is 278 g/mol. The lowest BCUT2D eigenvalue weighted by Gasteiger charge is -2.25. The van der Waals surface area contributed by atoms with Crippen molar-refractivity contribution < 1.29 is 19.2 Å². The summed E-state index contributed by atoms with van der Waals surface area (Å²) in [6.07, 6.45) is 0. The van der Waals surface area contributed by atoms with Crippen molar-refractivity contribution in [2.45, 2.75) is 0 Å². The van der Waals surface area contributed by atoms with Crippen LogP contribution in [0.5, 0.6) is 5.75 Å². The molecule has 1 aliphatic rings. The molecule has 0 saturated carbocycles. The number of morpholine rings is 1. The van der Waals surface area contributed by atoms with E-state index < -0.39 is 4.92 Å². The third-order valence-electron chi connectivity index (χ3n) is 3.15. The molecule has 0 radical (unpaired) electrons. The van der Waals surface area contributed by atoms with Crippen LogP contribution in [0.4, 0.5) is 11.4 Å². The van der Waals surface area contributed by atoms with E-state index in [2.05, 4.69) is 5.32 Å². The maximum Gasteiger partial charge on any atom is 0.296 e. The summed E-state index contributed by atoms with van der Waals surface area (Å²) >= 11 is 0. The summed E-state index contributed by atoms with van der Waals surface area (Å²) in [6, 6.07) is 4.32. The minimum Gasteiger partial charge on any atom is -0.496 e. The van der Waals surface area contributed by atoms with Crippen LogP contribution in [-0.4, -0.2) is 55.7 Å². The molecule has 0 atom stereocenters. The monoisotopic (exact) mass is 295 g/mol. The van der Waals surface area contributed by atoms with Crippen molar-refractivity contribution in [1.82, 2.24) is 4.90 Å². The fourth-order valence-electron chi connectivity index (χ4n) is 2.05. The van der Waals surface area contributed by atoms with E-state index in [-0.39, 0.29) is 23.8 Å². The van der Waals surface area contributed by atoms with E-state index in [0.29, 0.717) is 32.1 Å². The van der Waals surface area contributed by atoms with Crippen molar-refractivity contribution in [1.29, 1.82) is 0 Å². The average Bonchev–Trinajstić information content (AvgIpc) is 2.48. The summed E-state index contributed by atoms with van der Waals surface area (Å²) < 4.78 is 10.1. The number of carbonyl (C=O) groups excluding carboxylic acids is 1. The van der Waals surface area contributed by atoms with Crippen molar-refractivity contribution in [3.63, 3.8) is 0 Å². The summed E-state index contributed by atoms with van der Waals surface area (Å²) in [4.78, 5) is 24.4. The number of anilines is 1. The maximum atomic E-state index is 12.0. The zero-order chi connectivity index (χ0) is 15.2. The van der Waals surface area contributed by atoms with Crippen LogP contribution in [0.1, 0.15) is 0 Å². The first-order chi connectivity index (χ1) is 10.1. The maximum absolute atomic E-state index is 12.0. The largest absolute Gasteiger partial charge is 0.496 e. The Morgan fingerprint density at radius 1 is 1.48 bits per heavy atom. The molecule has 1 aromatic carbocycles. The number of ether oxygens (including phenoxy) is 2. The van der Waals surface area contributed by atoms with Crippen LogP contribution >= 0.6 is 0 Å². The number of nitro benzene ring substituents is 1. The predicted octanol–water partition coefficient (Wildman–Crippen LogP) is 0.874. The number of nitrogens with one attached hydrogen (secondary N) is 1. The molecule has 1 fully saturated rings. The molecule has 0 unspecified atom stereocenters. The Labute approximate surface area is 121 Å². The zero-order valence-corrected chi connectivity index (χ0v) is 11.7. The average molecular weight is 295 g/mol. The summed E-state index contributed by atoms with van der Waals surface area (Å²) in [7, 11) is 1.43. The molecule has 8 nitrogen and oxygen atoms in total. The van der Waals surface area contributed by atoms with Gasteiger partial charge in [0.25, 0.3) is 5.69 Å². The van der Waals surface area contributed by atoms with E-state index in [4.69, 9.17) is 9.47 Å². The fourth-order valence-corrected chi connectivity index (χ4v) is 2.05. The highest BCUT2D eigenvalue weighted by molar-refractivity contribution is 5.94. The van der Waals surface area contributed by atoms with Crippen LogP contribution in [0.2, 0.25) is 0 Å². The van der Waals surface area contributed by atoms with Crippen molar-refractivity contribution in [2.24, 2.45) is 0 Å². The van der Waals surface area contributed by atoms with Gasteiger partial charge >= 0.3 is 0 Å². The van der Waals surface area contributed by atoms with Crippen molar-refractivity contribution in [3.8, 4) is 5.75 Å². The second-order valence-electron chi connectivity index (χ2n) is 4.58. The van der Waals surface area contributed by atoms with Gasteiger partial charge in [0.05, 0.1) is 37.9 Å². The first-order valence-electron chi connectivity index (χ1n) is 6.52. The van der Waals surface area contributed by atoms with Crippen molar-refractivity contribution >= 4 is 17.3 Å². The van der Waals surface area contributed by atoms with Crippen molar-refractivity contribution in [2.75, 3.05) is 45.3 Å². The number of hydrogen-bond donors (Lipinski definition) is 1. The third-order valence-corrected chi connectivity index (χ3v) is 3.15. The molecule has 0 spiro atoms. The van der Waals surface area contributed by atoms with Gasteiger partial charge in [-0.05, 0) is 12.1 Å². The molecule has 1 saturated heterocycles. The van der Waals surface area contributed by atoms with Gasteiger partial charge < -0.3 is 14.8 Å². The highest BCUT2D eigenvalue weighted by Gasteiger charge is 2.19. The molecule has 1 amide bonds. The molecule has 1 N–H and O–H groups in total. The van der Waals surface area contributed by atoms with Gasteiger partial charge in [-0.2, -0.15) is 0 Å². The number of hydrogen-bond acceptors (Lipinski definition) is 6. The van der Waals surface area contributed by atoms with Crippen LogP contribution in [0.3, 0.4) is 0 Å².